The molecule has 2 unspecified atom stereocenters. The number of halogens is 2. The smallest absolute Gasteiger partial charge is 0.319 e. The van der Waals surface area contributed by atoms with Gasteiger partial charge in [0.25, 0.3) is 0 Å². The quantitative estimate of drug-likeness (QED) is 0.347. The van der Waals surface area contributed by atoms with Crippen molar-refractivity contribution in [2.24, 2.45) is 0 Å². The first-order valence-electron chi connectivity index (χ1n) is 15.6. The predicted octanol–water partition coefficient (Wildman–Crippen LogP) is 5.21. The van der Waals surface area contributed by atoms with Crippen LogP contribution in [0.25, 0.3) is 22.2 Å². The molecule has 0 saturated carbocycles. The Hall–Kier alpha value is -3.11. The van der Waals surface area contributed by atoms with Gasteiger partial charge in [-0.3, -0.25) is 9.88 Å². The number of unbranched alkanes of at least 4 members (excludes halogenated alkanes) is 1. The molecule has 8 nitrogen and oxygen atoms in total. The van der Waals surface area contributed by atoms with Crippen molar-refractivity contribution in [3.05, 3.63) is 35.8 Å². The number of aromatic nitrogens is 3. The number of pyridine rings is 1. The number of nitrogens with one attached hydrogen (secondary N) is 1. The van der Waals surface area contributed by atoms with Gasteiger partial charge in [0, 0.05) is 49.9 Å². The molecule has 0 amide bonds. The van der Waals surface area contributed by atoms with Crippen molar-refractivity contribution in [1.82, 2.24) is 25.2 Å². The van der Waals surface area contributed by atoms with Gasteiger partial charge in [-0.1, -0.05) is 25.5 Å². The molecular formula is C32H40F2N6O2. The molecule has 0 spiro atoms. The summed E-state index contributed by atoms with van der Waals surface area (Å²) in [7, 11) is 0. The van der Waals surface area contributed by atoms with Crippen LogP contribution in [-0.4, -0.2) is 83.0 Å². The highest BCUT2D eigenvalue weighted by Gasteiger charge is 2.49. The van der Waals surface area contributed by atoms with Crippen LogP contribution in [0.2, 0.25) is 0 Å². The van der Waals surface area contributed by atoms with E-state index < -0.39 is 12.0 Å². The van der Waals surface area contributed by atoms with Crippen molar-refractivity contribution in [3.63, 3.8) is 0 Å². The van der Waals surface area contributed by atoms with Crippen LogP contribution in [0, 0.1) is 12.7 Å². The zero-order chi connectivity index (χ0) is 28.8. The van der Waals surface area contributed by atoms with Gasteiger partial charge in [0.15, 0.2) is 5.82 Å². The van der Waals surface area contributed by atoms with Crippen LogP contribution >= 0.6 is 0 Å². The topological polar surface area (TPSA) is 75.6 Å². The average Bonchev–Trinajstić information content (AvgIpc) is 3.63. The minimum atomic E-state index is -0.854. The maximum Gasteiger partial charge on any atom is 0.319 e. The number of rotatable bonds is 9. The molecule has 4 aliphatic rings. The summed E-state index contributed by atoms with van der Waals surface area (Å²) in [4.78, 5) is 18.6. The van der Waals surface area contributed by atoms with Crippen LogP contribution in [0.4, 0.5) is 14.6 Å². The third kappa shape index (κ3) is 4.96. The van der Waals surface area contributed by atoms with Gasteiger partial charge in [-0.05, 0) is 57.2 Å². The molecule has 6 heterocycles. The number of alkyl halides is 1. The molecule has 1 N–H and O–H groups in total. The monoisotopic (exact) mass is 578 g/mol. The Morgan fingerprint density at radius 1 is 1.12 bits per heavy atom. The van der Waals surface area contributed by atoms with Crippen LogP contribution < -0.4 is 19.7 Å². The lowest BCUT2D eigenvalue weighted by molar-refractivity contribution is 0.107. The number of anilines is 1. The van der Waals surface area contributed by atoms with E-state index in [9.17, 15) is 4.39 Å². The van der Waals surface area contributed by atoms with Crippen molar-refractivity contribution in [2.75, 3.05) is 44.3 Å². The molecule has 0 aliphatic carbocycles. The molecular weight excluding hydrogens is 538 g/mol. The Labute approximate surface area is 245 Å². The lowest BCUT2D eigenvalue weighted by Crippen LogP contribution is -2.51. The van der Waals surface area contributed by atoms with Crippen LogP contribution in [0.15, 0.2) is 24.4 Å². The van der Waals surface area contributed by atoms with Crippen LogP contribution in [0.3, 0.4) is 0 Å². The lowest BCUT2D eigenvalue weighted by atomic mass is 9.95. The summed E-state index contributed by atoms with van der Waals surface area (Å²) in [5.41, 5.74) is 1.56. The zero-order valence-electron chi connectivity index (χ0n) is 24.5. The number of aryl methyl sites for hydroxylation is 1. The Kier molecular flexibility index (Phi) is 7.38. The minimum Gasteiger partial charge on any atom is -0.493 e. The van der Waals surface area contributed by atoms with Gasteiger partial charge in [-0.2, -0.15) is 9.97 Å². The zero-order valence-corrected chi connectivity index (χ0v) is 24.5. The number of fused-ring (bicyclic) bond motifs is 4. The van der Waals surface area contributed by atoms with Crippen LogP contribution in [0.1, 0.15) is 57.4 Å². The molecule has 4 fully saturated rings. The molecule has 3 aromatic rings. The fourth-order valence-corrected chi connectivity index (χ4v) is 7.51. The highest BCUT2D eigenvalue weighted by atomic mass is 19.1. The Morgan fingerprint density at radius 3 is 2.76 bits per heavy atom. The fraction of sp³-hybridized carbons (Fsp3) is 0.594. The molecule has 4 atom stereocenters. The average molecular weight is 579 g/mol. The summed E-state index contributed by atoms with van der Waals surface area (Å²) in [6, 6.07) is 6.60. The molecule has 7 rings (SSSR count). The Balaban J connectivity index is 1.30. The largest absolute Gasteiger partial charge is 0.493 e. The number of ether oxygens (including phenoxy) is 2. The summed E-state index contributed by atoms with van der Waals surface area (Å²) in [6.45, 7) is 7.77. The highest BCUT2D eigenvalue weighted by molar-refractivity contribution is 5.92. The lowest BCUT2D eigenvalue weighted by Gasteiger charge is -2.34. The van der Waals surface area contributed by atoms with E-state index in [4.69, 9.17) is 14.5 Å². The second kappa shape index (κ2) is 11.2. The van der Waals surface area contributed by atoms with Gasteiger partial charge < -0.3 is 19.7 Å². The molecule has 2 bridgehead atoms. The highest BCUT2D eigenvalue weighted by Crippen LogP contribution is 2.41. The first kappa shape index (κ1) is 27.7. The van der Waals surface area contributed by atoms with E-state index in [1.807, 2.05) is 25.1 Å². The van der Waals surface area contributed by atoms with Gasteiger partial charge in [-0.25, -0.2) is 8.78 Å². The van der Waals surface area contributed by atoms with E-state index in [1.165, 1.54) is 0 Å². The van der Waals surface area contributed by atoms with Gasteiger partial charge in [0.2, 0.25) is 0 Å². The minimum absolute atomic E-state index is 0.132. The van der Waals surface area contributed by atoms with E-state index in [1.54, 1.807) is 6.20 Å². The summed E-state index contributed by atoms with van der Waals surface area (Å²) in [5.74, 6) is 0.742. The Bertz CT molecular complexity index is 1460. The van der Waals surface area contributed by atoms with E-state index in [-0.39, 0.29) is 29.4 Å². The van der Waals surface area contributed by atoms with Gasteiger partial charge in [0.05, 0.1) is 17.5 Å². The molecule has 2 aromatic heterocycles. The summed E-state index contributed by atoms with van der Waals surface area (Å²) >= 11 is 0. The number of hydrogen-bond acceptors (Lipinski definition) is 8. The Morgan fingerprint density at radius 2 is 1.95 bits per heavy atom. The normalized spacial score (nSPS) is 27.1. The predicted molar refractivity (Wildman–Crippen MR) is 159 cm³/mol. The number of benzene rings is 1. The summed E-state index contributed by atoms with van der Waals surface area (Å²) < 4.78 is 43.4. The summed E-state index contributed by atoms with van der Waals surface area (Å²) in [5, 5.41) is 4.22. The van der Waals surface area contributed by atoms with E-state index in [0.29, 0.717) is 54.2 Å². The van der Waals surface area contributed by atoms with Crippen molar-refractivity contribution in [3.8, 4) is 23.0 Å². The van der Waals surface area contributed by atoms with Gasteiger partial charge in [-0.15, -0.1) is 0 Å². The number of hydrogen-bond donors (Lipinski definition) is 1. The molecule has 1 aromatic carbocycles. The standard InChI is InChI=1S/C32H40F2N6O2/c1-3-4-13-41-25-8-5-7-20(2)26(25)29-27(34)28-24(15-35-29)30(39-17-22-9-10-23(18-39)36-22)38-31(37-28)42-19-32-11-6-12-40(32)16-21(33)14-32/h5,7-8,15,21-23,36H,3-4,6,9-14,16-19H2,1-2H3/t21-,22?,23?,32+/m1/s1. The SMILES string of the molecule is CCCCOc1cccc(C)c1-c1ncc2c(N3CC4CCC(C3)N4)nc(OC[C@@]34CCCN3C[C@H](F)C4)nc2c1F. The molecule has 4 saturated heterocycles. The first-order chi connectivity index (χ1) is 20.4. The second-order valence-electron chi connectivity index (χ2n) is 12.6. The van der Waals surface area contributed by atoms with Gasteiger partial charge >= 0.3 is 6.01 Å². The number of nitrogens with zero attached hydrogens (tertiary/aromatic N) is 5. The molecule has 4 aliphatic heterocycles. The van der Waals surface area contributed by atoms with Crippen molar-refractivity contribution in [2.45, 2.75) is 82.6 Å². The summed E-state index contributed by atoms with van der Waals surface area (Å²) in [6.07, 6.45) is 7.33. The first-order valence-corrected chi connectivity index (χ1v) is 15.6. The van der Waals surface area contributed by atoms with Crippen molar-refractivity contribution >= 4 is 16.7 Å². The molecule has 42 heavy (non-hydrogen) atoms. The molecule has 0 radical (unpaired) electrons. The molecule has 224 valence electrons. The van der Waals surface area contributed by atoms with E-state index in [2.05, 4.69) is 32.0 Å². The van der Waals surface area contributed by atoms with Crippen LogP contribution in [0.5, 0.6) is 11.8 Å². The fourth-order valence-electron chi connectivity index (χ4n) is 7.51. The van der Waals surface area contributed by atoms with E-state index >= 15 is 4.39 Å². The van der Waals surface area contributed by atoms with Crippen molar-refractivity contribution < 1.29 is 18.3 Å². The van der Waals surface area contributed by atoms with Gasteiger partial charge in [0.1, 0.15) is 35.6 Å². The third-order valence-corrected chi connectivity index (χ3v) is 9.62. The van der Waals surface area contributed by atoms with Crippen LogP contribution in [-0.2, 0) is 0 Å². The maximum atomic E-state index is 16.6. The number of piperazine rings is 1. The second-order valence-corrected chi connectivity index (χ2v) is 12.6. The van der Waals surface area contributed by atoms with E-state index in [0.717, 1.165) is 63.7 Å². The maximum absolute atomic E-state index is 16.6. The van der Waals surface area contributed by atoms with Crippen molar-refractivity contribution in [1.29, 1.82) is 0 Å². The molecule has 10 heteroatoms. The third-order valence-electron chi connectivity index (χ3n) is 9.62.